The second-order valence-corrected chi connectivity index (χ2v) is 4.09. The van der Waals surface area contributed by atoms with Gasteiger partial charge in [-0.2, -0.15) is 0 Å². The van der Waals surface area contributed by atoms with Crippen LogP contribution < -0.4 is 5.32 Å². The third kappa shape index (κ3) is 2.60. The van der Waals surface area contributed by atoms with E-state index in [0.29, 0.717) is 0 Å². The van der Waals surface area contributed by atoms with Gasteiger partial charge in [0.25, 0.3) is 0 Å². The van der Waals surface area contributed by atoms with Crippen molar-refractivity contribution >= 4 is 24.3 Å². The second kappa shape index (κ2) is 3.85. The van der Waals surface area contributed by atoms with Gasteiger partial charge in [-0.25, -0.2) is 4.98 Å². The summed E-state index contributed by atoms with van der Waals surface area (Å²) in [5, 5.41) is 3.12. The summed E-state index contributed by atoms with van der Waals surface area (Å²) in [4.78, 5) is 4.08. The molecule has 2 atom stereocenters. The summed E-state index contributed by atoms with van der Waals surface area (Å²) < 4.78 is 0. The minimum Gasteiger partial charge on any atom is -0.361 e. The van der Waals surface area contributed by atoms with Crippen LogP contribution in [0, 0.1) is 0 Å². The summed E-state index contributed by atoms with van der Waals surface area (Å²) in [7, 11) is 5.24. The summed E-state index contributed by atoms with van der Waals surface area (Å²) in [6.07, 6.45) is 1.76. The Labute approximate surface area is 65.2 Å². The fraction of sp³-hybridized carbons (Fsp3) is 0.167. The lowest BCUT2D eigenvalue weighted by molar-refractivity contribution is 1.25. The number of hydrogen-bond donors (Lipinski definition) is 1. The monoisotopic (exact) mass is 172 g/mol. The molecule has 1 aromatic heterocycles. The maximum Gasteiger partial charge on any atom is 0.126 e. The standard InChI is InChI=1S/C6H10N2P2/c9-6(10)8-5-3-1-2-4-7-5/h1-4,6H,9-10H2,(H,7,8). The van der Waals surface area contributed by atoms with Crippen LogP contribution in [0.25, 0.3) is 0 Å². The molecule has 1 aromatic rings. The van der Waals surface area contributed by atoms with Crippen molar-refractivity contribution in [3.8, 4) is 0 Å². The topological polar surface area (TPSA) is 24.9 Å². The SMILES string of the molecule is PC(P)Nc1ccccn1. The Morgan fingerprint density at radius 1 is 1.40 bits per heavy atom. The van der Waals surface area contributed by atoms with Gasteiger partial charge in [-0.05, 0) is 12.1 Å². The molecule has 0 spiro atoms. The van der Waals surface area contributed by atoms with Gasteiger partial charge in [-0.3, -0.25) is 0 Å². The zero-order chi connectivity index (χ0) is 7.40. The van der Waals surface area contributed by atoms with Crippen molar-refractivity contribution in [3.05, 3.63) is 24.4 Å². The van der Waals surface area contributed by atoms with Crippen molar-refractivity contribution in [2.45, 2.75) is 5.52 Å². The zero-order valence-electron chi connectivity index (χ0n) is 5.49. The van der Waals surface area contributed by atoms with Crippen LogP contribution in [0.5, 0.6) is 0 Å². The molecule has 0 fully saturated rings. The van der Waals surface area contributed by atoms with Crippen LogP contribution in [0.4, 0.5) is 5.82 Å². The number of anilines is 1. The van der Waals surface area contributed by atoms with Crippen LogP contribution in [0.1, 0.15) is 0 Å². The molecule has 0 aliphatic carbocycles. The Balaban J connectivity index is 2.59. The molecule has 2 nitrogen and oxygen atoms in total. The average molecular weight is 172 g/mol. The molecule has 54 valence electrons. The van der Waals surface area contributed by atoms with Crippen LogP contribution >= 0.6 is 18.5 Å². The number of rotatable bonds is 2. The molecule has 0 saturated carbocycles. The molecule has 1 heterocycles. The van der Waals surface area contributed by atoms with E-state index in [0.717, 1.165) is 5.82 Å². The maximum atomic E-state index is 4.08. The number of nitrogens with one attached hydrogen (secondary N) is 1. The maximum absolute atomic E-state index is 4.08. The fourth-order valence-electron chi connectivity index (χ4n) is 0.619. The molecule has 2 unspecified atom stereocenters. The molecule has 4 heteroatoms. The lowest BCUT2D eigenvalue weighted by atomic mass is 10.5. The summed E-state index contributed by atoms with van der Waals surface area (Å²) in [5.74, 6) is 0.900. The highest BCUT2D eigenvalue weighted by Crippen LogP contribution is 2.11. The molecule has 10 heavy (non-hydrogen) atoms. The molecule has 1 rings (SSSR count). The van der Waals surface area contributed by atoms with Gasteiger partial charge in [-0.15, -0.1) is 18.5 Å². The van der Waals surface area contributed by atoms with E-state index in [4.69, 9.17) is 0 Å². The van der Waals surface area contributed by atoms with Crippen molar-refractivity contribution in [1.29, 1.82) is 0 Å². The first-order valence-electron chi connectivity index (χ1n) is 2.98. The predicted octanol–water partition coefficient (Wildman–Crippen LogP) is 1.53. The predicted molar refractivity (Wildman–Crippen MR) is 51.1 cm³/mol. The lowest BCUT2D eigenvalue weighted by Crippen LogP contribution is -2.03. The van der Waals surface area contributed by atoms with Gasteiger partial charge in [-0.1, -0.05) is 6.07 Å². The highest BCUT2D eigenvalue weighted by molar-refractivity contribution is 7.38. The van der Waals surface area contributed by atoms with E-state index in [-0.39, 0.29) is 5.52 Å². The van der Waals surface area contributed by atoms with Gasteiger partial charge in [0.15, 0.2) is 0 Å². The van der Waals surface area contributed by atoms with Gasteiger partial charge < -0.3 is 5.32 Å². The van der Waals surface area contributed by atoms with Crippen molar-refractivity contribution in [2.75, 3.05) is 5.32 Å². The summed E-state index contributed by atoms with van der Waals surface area (Å²) >= 11 is 0. The first kappa shape index (κ1) is 7.91. The van der Waals surface area contributed by atoms with Crippen LogP contribution in [0.2, 0.25) is 0 Å². The Hall–Kier alpha value is -0.190. The van der Waals surface area contributed by atoms with Crippen LogP contribution in [-0.2, 0) is 0 Å². The highest BCUT2D eigenvalue weighted by atomic mass is 31.1. The quantitative estimate of drug-likeness (QED) is 0.684. The molecule has 0 aromatic carbocycles. The minimum absolute atomic E-state index is 0.287. The Bertz CT molecular complexity index is 188. The molecular weight excluding hydrogens is 162 g/mol. The van der Waals surface area contributed by atoms with Crippen LogP contribution in [0.15, 0.2) is 24.4 Å². The summed E-state index contributed by atoms with van der Waals surface area (Å²) in [5.41, 5.74) is 0.287. The Kier molecular flexibility index (Phi) is 3.05. The molecule has 0 aliphatic heterocycles. The van der Waals surface area contributed by atoms with Crippen LogP contribution in [0.3, 0.4) is 0 Å². The van der Waals surface area contributed by atoms with Gasteiger partial charge in [0.2, 0.25) is 0 Å². The number of pyridine rings is 1. The van der Waals surface area contributed by atoms with Crippen molar-refractivity contribution in [1.82, 2.24) is 4.98 Å². The Morgan fingerprint density at radius 2 is 2.20 bits per heavy atom. The number of hydrogen-bond acceptors (Lipinski definition) is 2. The highest BCUT2D eigenvalue weighted by Gasteiger charge is 1.92. The second-order valence-electron chi connectivity index (χ2n) is 1.89. The number of nitrogens with zero attached hydrogens (tertiary/aromatic N) is 1. The van der Waals surface area contributed by atoms with Gasteiger partial charge in [0.05, 0.1) is 5.52 Å². The minimum atomic E-state index is 0.287. The zero-order valence-corrected chi connectivity index (χ0v) is 7.80. The van der Waals surface area contributed by atoms with E-state index in [1.807, 2.05) is 18.2 Å². The molecule has 0 amide bonds. The largest absolute Gasteiger partial charge is 0.361 e. The van der Waals surface area contributed by atoms with E-state index in [2.05, 4.69) is 28.8 Å². The van der Waals surface area contributed by atoms with Gasteiger partial charge >= 0.3 is 0 Å². The van der Waals surface area contributed by atoms with Gasteiger partial charge in [0.1, 0.15) is 5.82 Å². The third-order valence-electron chi connectivity index (χ3n) is 0.979. The van der Waals surface area contributed by atoms with Crippen molar-refractivity contribution in [2.24, 2.45) is 0 Å². The normalized spacial score (nSPS) is 9.90. The molecule has 0 aliphatic rings. The summed E-state index contributed by atoms with van der Waals surface area (Å²) in [6.45, 7) is 0. The van der Waals surface area contributed by atoms with E-state index < -0.39 is 0 Å². The van der Waals surface area contributed by atoms with E-state index in [9.17, 15) is 0 Å². The first-order chi connectivity index (χ1) is 4.79. The fourth-order valence-corrected chi connectivity index (χ4v) is 0.960. The van der Waals surface area contributed by atoms with Crippen LogP contribution in [-0.4, -0.2) is 10.5 Å². The third-order valence-corrected chi connectivity index (χ3v) is 1.31. The molecule has 0 saturated heterocycles. The smallest absolute Gasteiger partial charge is 0.126 e. The van der Waals surface area contributed by atoms with E-state index in [1.54, 1.807) is 6.20 Å². The van der Waals surface area contributed by atoms with Gasteiger partial charge in [0, 0.05) is 6.20 Å². The lowest BCUT2D eigenvalue weighted by Gasteiger charge is -2.06. The molecule has 0 radical (unpaired) electrons. The molecular formula is C6H10N2P2. The first-order valence-corrected chi connectivity index (χ1v) is 4.31. The van der Waals surface area contributed by atoms with Crippen molar-refractivity contribution in [3.63, 3.8) is 0 Å². The van der Waals surface area contributed by atoms with E-state index in [1.165, 1.54) is 0 Å². The molecule has 0 bridgehead atoms. The van der Waals surface area contributed by atoms with E-state index >= 15 is 0 Å². The Morgan fingerprint density at radius 3 is 2.70 bits per heavy atom. The summed E-state index contributed by atoms with van der Waals surface area (Å²) in [6, 6.07) is 5.78. The number of aromatic nitrogens is 1. The molecule has 1 N–H and O–H groups in total. The average Bonchev–Trinajstić information content (AvgIpc) is 1.88. The van der Waals surface area contributed by atoms with Crippen molar-refractivity contribution < 1.29 is 0 Å².